The molecule has 0 aliphatic heterocycles. The molecule has 0 saturated heterocycles. The number of hydrogen-bond donors (Lipinski definition) is 2. The molecule has 0 saturated carbocycles. The first-order valence-electron chi connectivity index (χ1n) is 8.72. The second-order valence-corrected chi connectivity index (χ2v) is 6.64. The smallest absolute Gasteiger partial charge is 0.238 e. The summed E-state index contributed by atoms with van der Waals surface area (Å²) in [6.45, 7) is 5.84. The van der Waals surface area contributed by atoms with Crippen molar-refractivity contribution in [3.63, 3.8) is 0 Å². The summed E-state index contributed by atoms with van der Waals surface area (Å²) in [6, 6.07) is 7.93. The van der Waals surface area contributed by atoms with Crippen LogP contribution in [0.4, 0.5) is 0 Å². The average molecular weight is 340 g/mol. The molecule has 0 radical (unpaired) electrons. The Hall–Kier alpha value is -2.63. The Morgan fingerprint density at radius 3 is 2.72 bits per heavy atom. The molecular formula is C19H24N4O2. The fourth-order valence-corrected chi connectivity index (χ4v) is 2.81. The molecule has 2 aromatic heterocycles. The zero-order valence-corrected chi connectivity index (χ0v) is 14.9. The third-order valence-corrected chi connectivity index (χ3v) is 4.22. The predicted molar refractivity (Wildman–Crippen MR) is 96.2 cm³/mol. The van der Waals surface area contributed by atoms with Gasteiger partial charge in [0.1, 0.15) is 6.04 Å². The Morgan fingerprint density at radius 2 is 1.96 bits per heavy atom. The lowest BCUT2D eigenvalue weighted by Crippen LogP contribution is -2.26. The van der Waals surface area contributed by atoms with Crippen molar-refractivity contribution >= 4 is 16.8 Å². The Balaban J connectivity index is 1.49. The van der Waals surface area contributed by atoms with Crippen molar-refractivity contribution in [3.8, 4) is 0 Å². The van der Waals surface area contributed by atoms with Crippen molar-refractivity contribution in [2.24, 2.45) is 0 Å². The van der Waals surface area contributed by atoms with E-state index in [0.717, 1.165) is 18.4 Å². The molecule has 2 N–H and O–H groups in total. The zero-order chi connectivity index (χ0) is 17.8. The molecule has 1 unspecified atom stereocenters. The summed E-state index contributed by atoms with van der Waals surface area (Å²) < 4.78 is 5.58. The number of carbonyl (C=O) groups excluding carboxylic acids is 1. The standard InChI is InChI=1S/C19H24N4O2/c1-12(2)18-22-23-19(25-18)13(3)21-17(24)10-6-7-14-11-20-16-9-5-4-8-15(14)16/h4-5,8-9,11-13,20H,6-7,10H2,1-3H3,(H,21,24). The Labute approximate surface area is 147 Å². The van der Waals surface area contributed by atoms with E-state index in [1.807, 2.05) is 39.1 Å². The van der Waals surface area contributed by atoms with Crippen LogP contribution in [0, 0.1) is 0 Å². The molecular weight excluding hydrogens is 316 g/mol. The van der Waals surface area contributed by atoms with Crippen molar-refractivity contribution < 1.29 is 9.21 Å². The molecule has 0 aliphatic carbocycles. The van der Waals surface area contributed by atoms with Crippen LogP contribution in [0.25, 0.3) is 10.9 Å². The summed E-state index contributed by atoms with van der Waals surface area (Å²) in [5, 5.41) is 12.2. The lowest BCUT2D eigenvalue weighted by molar-refractivity contribution is -0.122. The molecule has 0 aliphatic rings. The van der Waals surface area contributed by atoms with Gasteiger partial charge in [-0.05, 0) is 31.4 Å². The van der Waals surface area contributed by atoms with Crippen LogP contribution >= 0.6 is 0 Å². The van der Waals surface area contributed by atoms with Crippen molar-refractivity contribution in [2.45, 2.75) is 52.0 Å². The molecule has 6 heteroatoms. The number of fused-ring (bicyclic) bond motifs is 1. The quantitative estimate of drug-likeness (QED) is 0.684. The van der Waals surface area contributed by atoms with E-state index in [-0.39, 0.29) is 17.9 Å². The van der Waals surface area contributed by atoms with Gasteiger partial charge in [-0.25, -0.2) is 0 Å². The summed E-state index contributed by atoms with van der Waals surface area (Å²) in [4.78, 5) is 15.4. The van der Waals surface area contributed by atoms with Gasteiger partial charge in [0.15, 0.2) is 0 Å². The van der Waals surface area contributed by atoms with Gasteiger partial charge < -0.3 is 14.7 Å². The zero-order valence-electron chi connectivity index (χ0n) is 14.9. The molecule has 1 amide bonds. The van der Waals surface area contributed by atoms with Crippen LogP contribution in [0.1, 0.15) is 62.9 Å². The summed E-state index contributed by atoms with van der Waals surface area (Å²) in [5.74, 6) is 1.22. The molecule has 3 rings (SSSR count). The van der Waals surface area contributed by atoms with E-state index >= 15 is 0 Å². The summed E-state index contributed by atoms with van der Waals surface area (Å²) in [7, 11) is 0. The van der Waals surface area contributed by atoms with Gasteiger partial charge in [-0.15, -0.1) is 10.2 Å². The minimum Gasteiger partial charge on any atom is -0.423 e. The van der Waals surface area contributed by atoms with Crippen LogP contribution in [-0.2, 0) is 11.2 Å². The van der Waals surface area contributed by atoms with Crippen LogP contribution in [0.5, 0.6) is 0 Å². The minimum atomic E-state index is -0.277. The third kappa shape index (κ3) is 4.07. The van der Waals surface area contributed by atoms with Crippen LogP contribution in [0.3, 0.4) is 0 Å². The van der Waals surface area contributed by atoms with Gasteiger partial charge in [0.2, 0.25) is 17.7 Å². The second-order valence-electron chi connectivity index (χ2n) is 6.64. The van der Waals surface area contributed by atoms with E-state index in [1.54, 1.807) is 0 Å². The predicted octanol–water partition coefficient (Wildman–Crippen LogP) is 3.87. The summed E-state index contributed by atoms with van der Waals surface area (Å²) >= 11 is 0. The van der Waals surface area contributed by atoms with Crippen molar-refractivity contribution in [2.75, 3.05) is 0 Å². The minimum absolute atomic E-state index is 0.00311. The molecule has 0 bridgehead atoms. The Morgan fingerprint density at radius 1 is 1.20 bits per heavy atom. The molecule has 1 atom stereocenters. The lowest BCUT2D eigenvalue weighted by atomic mass is 10.1. The highest BCUT2D eigenvalue weighted by atomic mass is 16.4. The number of hydrogen-bond acceptors (Lipinski definition) is 4. The number of aryl methyl sites for hydroxylation is 1. The maximum atomic E-state index is 12.2. The summed E-state index contributed by atoms with van der Waals surface area (Å²) in [6.07, 6.45) is 4.15. The Bertz CT molecular complexity index is 850. The number of nitrogens with zero attached hydrogens (tertiary/aromatic N) is 2. The maximum absolute atomic E-state index is 12.2. The number of nitrogens with one attached hydrogen (secondary N) is 2. The molecule has 3 aromatic rings. The normalized spacial score (nSPS) is 12.6. The van der Waals surface area contributed by atoms with Gasteiger partial charge in [0.05, 0.1) is 0 Å². The lowest BCUT2D eigenvalue weighted by Gasteiger charge is -2.09. The van der Waals surface area contributed by atoms with Gasteiger partial charge in [-0.3, -0.25) is 4.79 Å². The van der Waals surface area contributed by atoms with Crippen molar-refractivity contribution in [1.82, 2.24) is 20.5 Å². The number of aromatic amines is 1. The molecule has 0 fully saturated rings. The number of para-hydroxylation sites is 1. The number of rotatable bonds is 7. The molecule has 0 spiro atoms. The van der Waals surface area contributed by atoms with Gasteiger partial charge in [-0.2, -0.15) is 0 Å². The topological polar surface area (TPSA) is 83.8 Å². The van der Waals surface area contributed by atoms with Crippen molar-refractivity contribution in [1.29, 1.82) is 0 Å². The molecule has 132 valence electrons. The highest BCUT2D eigenvalue weighted by Gasteiger charge is 2.17. The van der Waals surface area contributed by atoms with E-state index in [4.69, 9.17) is 4.42 Å². The van der Waals surface area contributed by atoms with Crippen LogP contribution in [0.15, 0.2) is 34.9 Å². The Kier molecular flexibility index (Phi) is 5.16. The fraction of sp³-hybridized carbons (Fsp3) is 0.421. The number of H-pyrrole nitrogens is 1. The van der Waals surface area contributed by atoms with Gasteiger partial charge >= 0.3 is 0 Å². The summed E-state index contributed by atoms with van der Waals surface area (Å²) in [5.41, 5.74) is 2.38. The van der Waals surface area contributed by atoms with Crippen molar-refractivity contribution in [3.05, 3.63) is 47.8 Å². The van der Waals surface area contributed by atoms with E-state index < -0.39 is 0 Å². The van der Waals surface area contributed by atoms with Crippen LogP contribution in [-0.4, -0.2) is 21.1 Å². The number of carbonyl (C=O) groups is 1. The highest BCUT2D eigenvalue weighted by Crippen LogP contribution is 2.20. The number of aromatic nitrogens is 3. The first-order chi connectivity index (χ1) is 12.0. The van der Waals surface area contributed by atoms with E-state index in [1.165, 1.54) is 10.9 Å². The fourth-order valence-electron chi connectivity index (χ4n) is 2.81. The monoisotopic (exact) mass is 340 g/mol. The molecule has 2 heterocycles. The first-order valence-corrected chi connectivity index (χ1v) is 8.72. The van der Waals surface area contributed by atoms with Gasteiger partial charge in [-0.1, -0.05) is 32.0 Å². The van der Waals surface area contributed by atoms with Crippen LogP contribution in [0.2, 0.25) is 0 Å². The largest absolute Gasteiger partial charge is 0.423 e. The van der Waals surface area contributed by atoms with Gasteiger partial charge in [0, 0.05) is 29.4 Å². The number of benzene rings is 1. The first kappa shape index (κ1) is 17.2. The van der Waals surface area contributed by atoms with E-state index in [2.05, 4.69) is 32.6 Å². The van der Waals surface area contributed by atoms with E-state index in [9.17, 15) is 4.79 Å². The highest BCUT2D eigenvalue weighted by molar-refractivity contribution is 5.83. The molecule has 6 nitrogen and oxygen atoms in total. The third-order valence-electron chi connectivity index (χ3n) is 4.22. The molecule has 1 aromatic carbocycles. The van der Waals surface area contributed by atoms with E-state index in [0.29, 0.717) is 18.2 Å². The second kappa shape index (κ2) is 7.51. The van der Waals surface area contributed by atoms with Crippen LogP contribution < -0.4 is 5.32 Å². The SMILES string of the molecule is CC(C)c1nnc(C(C)NC(=O)CCCc2c[nH]c3ccccc23)o1. The average Bonchev–Trinajstić information content (AvgIpc) is 3.22. The molecule has 25 heavy (non-hydrogen) atoms. The number of amides is 1. The van der Waals surface area contributed by atoms with Gasteiger partial charge in [0.25, 0.3) is 0 Å². The maximum Gasteiger partial charge on any atom is 0.238 e.